The second-order valence-corrected chi connectivity index (χ2v) is 7.05. The third-order valence-electron chi connectivity index (χ3n) is 5.05. The smallest absolute Gasteiger partial charge is 0.231 e. The van der Waals surface area contributed by atoms with Gasteiger partial charge in [-0.3, -0.25) is 0 Å². The number of aromatic nitrogens is 3. The van der Waals surface area contributed by atoms with Crippen molar-refractivity contribution < 1.29 is 9.47 Å². The molecule has 0 aliphatic carbocycles. The van der Waals surface area contributed by atoms with E-state index in [9.17, 15) is 0 Å². The zero-order chi connectivity index (χ0) is 19.2. The molecule has 0 unspecified atom stereocenters. The van der Waals surface area contributed by atoms with Gasteiger partial charge in [0.2, 0.25) is 6.79 Å². The molecule has 0 saturated heterocycles. The van der Waals surface area contributed by atoms with Crippen LogP contribution in [-0.4, -0.2) is 40.6 Å². The van der Waals surface area contributed by atoms with E-state index in [1.807, 2.05) is 12.1 Å². The maximum absolute atomic E-state index is 5.45. The van der Waals surface area contributed by atoms with E-state index in [1.54, 1.807) is 0 Å². The minimum Gasteiger partial charge on any atom is -0.454 e. The number of hydrogen-bond acceptors (Lipinski definition) is 5. The van der Waals surface area contributed by atoms with E-state index in [-0.39, 0.29) is 0 Å². The molecule has 0 spiro atoms. The van der Waals surface area contributed by atoms with Gasteiger partial charge in [-0.25, -0.2) is 4.99 Å². The van der Waals surface area contributed by atoms with E-state index in [1.165, 1.54) is 24.8 Å². The van der Waals surface area contributed by atoms with E-state index in [0.29, 0.717) is 13.3 Å². The summed E-state index contributed by atoms with van der Waals surface area (Å²) in [6, 6.07) is 6.08. The lowest BCUT2D eigenvalue weighted by molar-refractivity contribution is 0.174. The predicted molar refractivity (Wildman–Crippen MR) is 107 cm³/mol. The third-order valence-corrected chi connectivity index (χ3v) is 5.05. The van der Waals surface area contributed by atoms with Crippen molar-refractivity contribution in [2.75, 3.05) is 19.9 Å². The predicted octanol–water partition coefficient (Wildman–Crippen LogP) is 2.03. The number of nitrogens with zero attached hydrogens (tertiary/aromatic N) is 4. The Hall–Kier alpha value is -2.77. The molecule has 0 amide bonds. The summed E-state index contributed by atoms with van der Waals surface area (Å²) in [7, 11) is 0. The quantitative estimate of drug-likeness (QED) is 0.586. The second-order valence-electron chi connectivity index (χ2n) is 7.05. The van der Waals surface area contributed by atoms with Gasteiger partial charge in [0.25, 0.3) is 0 Å². The van der Waals surface area contributed by atoms with Gasteiger partial charge >= 0.3 is 0 Å². The van der Waals surface area contributed by atoms with Crippen LogP contribution < -0.4 is 20.1 Å². The lowest BCUT2D eigenvalue weighted by Crippen LogP contribution is -2.38. The van der Waals surface area contributed by atoms with Crippen LogP contribution >= 0.6 is 0 Å². The largest absolute Gasteiger partial charge is 0.454 e. The molecule has 0 saturated carbocycles. The molecule has 1 aromatic heterocycles. The molecule has 8 nitrogen and oxygen atoms in total. The molecule has 0 fully saturated rings. The summed E-state index contributed by atoms with van der Waals surface area (Å²) in [5.41, 5.74) is 1.20. The molecule has 1 aromatic carbocycles. The fourth-order valence-electron chi connectivity index (χ4n) is 3.58. The molecule has 0 atom stereocenters. The number of rotatable bonds is 6. The van der Waals surface area contributed by atoms with Gasteiger partial charge < -0.3 is 24.7 Å². The maximum atomic E-state index is 5.45. The summed E-state index contributed by atoms with van der Waals surface area (Å²) < 4.78 is 13.1. The van der Waals surface area contributed by atoms with Gasteiger partial charge in [0, 0.05) is 26.1 Å². The highest BCUT2D eigenvalue weighted by Crippen LogP contribution is 2.32. The highest BCUT2D eigenvalue weighted by molar-refractivity contribution is 5.79. The second kappa shape index (κ2) is 8.95. The minimum absolute atomic E-state index is 0.306. The standard InChI is InChI=1S/C20H28N6O2/c1-2-21-20(22-10-9-15-7-8-16-17(12-15)28-14-27-16)23-13-19-25-24-18-6-4-3-5-11-26(18)19/h7-8,12H,2-6,9-11,13-14H2,1H3,(H2,21,22,23). The summed E-state index contributed by atoms with van der Waals surface area (Å²) in [4.78, 5) is 4.71. The van der Waals surface area contributed by atoms with Crippen LogP contribution in [0.5, 0.6) is 11.5 Å². The Labute approximate surface area is 165 Å². The van der Waals surface area contributed by atoms with E-state index >= 15 is 0 Å². The summed E-state index contributed by atoms with van der Waals surface area (Å²) in [6.07, 6.45) is 5.54. The van der Waals surface area contributed by atoms with Crippen LogP contribution in [0.3, 0.4) is 0 Å². The Bertz CT molecular complexity index is 832. The number of aliphatic imine (C=N–C) groups is 1. The van der Waals surface area contributed by atoms with Gasteiger partial charge in [0.05, 0.1) is 0 Å². The van der Waals surface area contributed by atoms with Crippen molar-refractivity contribution in [3.8, 4) is 11.5 Å². The lowest BCUT2D eigenvalue weighted by atomic mass is 10.1. The van der Waals surface area contributed by atoms with E-state index < -0.39 is 0 Å². The minimum atomic E-state index is 0.306. The van der Waals surface area contributed by atoms with Crippen LogP contribution in [0.25, 0.3) is 0 Å². The Balaban J connectivity index is 1.34. The molecule has 8 heteroatoms. The Morgan fingerprint density at radius 1 is 1.14 bits per heavy atom. The molecule has 150 valence electrons. The molecular formula is C20H28N6O2. The van der Waals surface area contributed by atoms with Gasteiger partial charge in [-0.1, -0.05) is 12.5 Å². The van der Waals surface area contributed by atoms with Gasteiger partial charge in [-0.15, -0.1) is 10.2 Å². The first kappa shape index (κ1) is 18.6. The van der Waals surface area contributed by atoms with E-state index in [2.05, 4.69) is 38.4 Å². The number of ether oxygens (including phenoxy) is 2. The van der Waals surface area contributed by atoms with Crippen molar-refractivity contribution in [2.45, 2.75) is 52.1 Å². The Morgan fingerprint density at radius 3 is 3.00 bits per heavy atom. The topological polar surface area (TPSA) is 85.6 Å². The average molecular weight is 384 g/mol. The van der Waals surface area contributed by atoms with Crippen molar-refractivity contribution in [1.29, 1.82) is 0 Å². The Kier molecular flexibility index (Phi) is 5.94. The average Bonchev–Trinajstić information content (AvgIpc) is 3.26. The van der Waals surface area contributed by atoms with Crippen LogP contribution in [0, 0.1) is 0 Å². The van der Waals surface area contributed by atoms with Crippen LogP contribution in [0.1, 0.15) is 43.4 Å². The lowest BCUT2D eigenvalue weighted by Gasteiger charge is -2.12. The van der Waals surface area contributed by atoms with Crippen LogP contribution in [0.15, 0.2) is 23.2 Å². The fraction of sp³-hybridized carbons (Fsp3) is 0.550. The molecule has 2 N–H and O–H groups in total. The first-order valence-electron chi connectivity index (χ1n) is 10.1. The number of aryl methyl sites for hydroxylation is 1. The fourth-order valence-corrected chi connectivity index (χ4v) is 3.58. The zero-order valence-corrected chi connectivity index (χ0v) is 16.4. The van der Waals surface area contributed by atoms with E-state index in [4.69, 9.17) is 14.5 Å². The van der Waals surface area contributed by atoms with Crippen molar-refractivity contribution >= 4 is 5.96 Å². The zero-order valence-electron chi connectivity index (χ0n) is 16.4. The molecule has 2 aliphatic rings. The first-order chi connectivity index (χ1) is 13.8. The molecule has 28 heavy (non-hydrogen) atoms. The molecular weight excluding hydrogens is 356 g/mol. The van der Waals surface area contributed by atoms with E-state index in [0.717, 1.165) is 61.6 Å². The summed E-state index contributed by atoms with van der Waals surface area (Å²) in [5, 5.41) is 15.4. The summed E-state index contributed by atoms with van der Waals surface area (Å²) in [5.74, 6) is 4.49. The first-order valence-corrected chi connectivity index (χ1v) is 10.1. The number of guanidine groups is 1. The van der Waals surface area contributed by atoms with Gasteiger partial charge in [-0.05, 0) is 43.9 Å². The van der Waals surface area contributed by atoms with Crippen molar-refractivity contribution in [2.24, 2.45) is 4.99 Å². The normalized spacial score (nSPS) is 15.8. The highest BCUT2D eigenvalue weighted by Gasteiger charge is 2.15. The van der Waals surface area contributed by atoms with Gasteiger partial charge in [0.1, 0.15) is 12.4 Å². The molecule has 3 heterocycles. The van der Waals surface area contributed by atoms with Crippen LogP contribution in [0.2, 0.25) is 0 Å². The SMILES string of the molecule is CCNC(=NCc1nnc2n1CCCCC2)NCCc1ccc2c(c1)OCO2. The van der Waals surface area contributed by atoms with Crippen molar-refractivity contribution in [1.82, 2.24) is 25.4 Å². The van der Waals surface area contributed by atoms with Gasteiger partial charge in [0.15, 0.2) is 23.3 Å². The number of nitrogens with one attached hydrogen (secondary N) is 2. The molecule has 2 aliphatic heterocycles. The third kappa shape index (κ3) is 4.37. The number of hydrogen-bond donors (Lipinski definition) is 2. The maximum Gasteiger partial charge on any atom is 0.231 e. The van der Waals surface area contributed by atoms with Gasteiger partial charge in [-0.2, -0.15) is 0 Å². The van der Waals surface area contributed by atoms with Crippen molar-refractivity contribution in [3.05, 3.63) is 35.4 Å². The summed E-state index contributed by atoms with van der Waals surface area (Å²) >= 11 is 0. The molecule has 0 bridgehead atoms. The molecule has 4 rings (SSSR count). The van der Waals surface area contributed by atoms with Crippen molar-refractivity contribution in [3.63, 3.8) is 0 Å². The van der Waals surface area contributed by atoms with Crippen LogP contribution in [-0.2, 0) is 25.9 Å². The van der Waals surface area contributed by atoms with Crippen LogP contribution in [0.4, 0.5) is 0 Å². The monoisotopic (exact) mass is 384 g/mol. The molecule has 0 radical (unpaired) electrons. The molecule has 2 aromatic rings. The number of fused-ring (bicyclic) bond motifs is 2. The number of benzene rings is 1. The highest BCUT2D eigenvalue weighted by atomic mass is 16.7. The summed E-state index contributed by atoms with van der Waals surface area (Å²) in [6.45, 7) is 5.50. The Morgan fingerprint density at radius 2 is 2.07 bits per heavy atom.